The second-order valence-electron chi connectivity index (χ2n) is 8.50. The number of nitrogens with one attached hydrogen (secondary N) is 1. The lowest BCUT2D eigenvalue weighted by Gasteiger charge is -2.55. The van der Waals surface area contributed by atoms with Crippen molar-refractivity contribution in [2.24, 2.45) is 0 Å². The Hall–Kier alpha value is -3.03. The van der Waals surface area contributed by atoms with Crippen LogP contribution in [-0.4, -0.2) is 69.5 Å². The monoisotopic (exact) mass is 434 g/mol. The number of methoxy groups -OCH3 is 2. The third kappa shape index (κ3) is 3.94. The van der Waals surface area contributed by atoms with E-state index < -0.39 is 0 Å². The minimum Gasteiger partial charge on any atom is -0.494 e. The van der Waals surface area contributed by atoms with E-state index in [1.54, 1.807) is 14.2 Å². The van der Waals surface area contributed by atoms with Crippen LogP contribution in [0.1, 0.15) is 6.42 Å². The quantitative estimate of drug-likeness (QED) is 0.540. The van der Waals surface area contributed by atoms with Crippen LogP contribution in [0.25, 0.3) is 10.9 Å². The standard InChI is InChI=1S/C25H30N4O3/c1-28-18-12-19(28)16-29(15-18)17-4-6-21-22(8-9-26-24(21)13-17)27-23-7-5-20(14-25(23)31-3)32-11-10-30-2/h4-9,13-14,18-19H,10-12,15-16H2,1-3H3,(H,26,27). The molecule has 6 rings (SSSR count). The number of pyridine rings is 1. The summed E-state index contributed by atoms with van der Waals surface area (Å²) in [6, 6.07) is 15.7. The number of benzene rings is 2. The minimum absolute atomic E-state index is 0.499. The van der Waals surface area contributed by atoms with E-state index in [4.69, 9.17) is 14.2 Å². The third-order valence-electron chi connectivity index (χ3n) is 6.65. The molecule has 0 radical (unpaired) electrons. The number of rotatable bonds is 8. The maximum Gasteiger partial charge on any atom is 0.145 e. The van der Waals surface area contributed by atoms with E-state index >= 15 is 0 Å². The molecule has 0 saturated carbocycles. The molecule has 7 heteroatoms. The predicted octanol–water partition coefficient (Wildman–Crippen LogP) is 3.90. The summed E-state index contributed by atoms with van der Waals surface area (Å²) in [5, 5.41) is 4.60. The number of fused-ring (bicyclic) bond motifs is 3. The molecule has 3 aromatic rings. The molecule has 4 heterocycles. The van der Waals surface area contributed by atoms with Gasteiger partial charge in [-0.1, -0.05) is 0 Å². The van der Waals surface area contributed by atoms with E-state index in [-0.39, 0.29) is 0 Å². The Morgan fingerprint density at radius 2 is 1.84 bits per heavy atom. The molecule has 3 aliphatic heterocycles. The summed E-state index contributed by atoms with van der Waals surface area (Å²) in [5.74, 6) is 1.47. The van der Waals surface area contributed by atoms with Gasteiger partial charge in [-0.25, -0.2) is 0 Å². The fourth-order valence-electron chi connectivity index (χ4n) is 4.70. The SMILES string of the molecule is COCCOc1ccc(Nc2ccnc3cc(N4CC5CC(C4)N5C)ccc23)c(OC)c1. The largest absolute Gasteiger partial charge is 0.494 e. The Morgan fingerprint density at radius 1 is 1.00 bits per heavy atom. The number of ether oxygens (including phenoxy) is 3. The number of piperazine rings is 1. The third-order valence-corrected chi connectivity index (χ3v) is 6.65. The summed E-state index contributed by atoms with van der Waals surface area (Å²) < 4.78 is 16.3. The van der Waals surface area contributed by atoms with Crippen molar-refractivity contribution in [1.29, 1.82) is 0 Å². The second kappa shape index (κ2) is 8.84. The van der Waals surface area contributed by atoms with Crippen molar-refractivity contribution in [3.8, 4) is 11.5 Å². The van der Waals surface area contributed by atoms with Gasteiger partial charge >= 0.3 is 0 Å². The molecule has 2 aromatic carbocycles. The van der Waals surface area contributed by atoms with Gasteiger partial charge in [0.05, 0.1) is 24.9 Å². The molecule has 2 unspecified atom stereocenters. The number of likely N-dealkylation sites (N-methyl/N-ethyl adjacent to an activating group) is 1. The molecule has 0 spiro atoms. The van der Waals surface area contributed by atoms with Gasteiger partial charge in [-0.15, -0.1) is 0 Å². The number of piperidine rings is 1. The maximum atomic E-state index is 5.70. The molecule has 0 aliphatic carbocycles. The number of nitrogens with zero attached hydrogens (tertiary/aromatic N) is 3. The number of anilines is 3. The van der Waals surface area contributed by atoms with Crippen LogP contribution in [0.15, 0.2) is 48.7 Å². The first-order chi connectivity index (χ1) is 15.7. The zero-order valence-electron chi connectivity index (χ0n) is 18.9. The Balaban J connectivity index is 1.37. The Morgan fingerprint density at radius 3 is 2.59 bits per heavy atom. The van der Waals surface area contributed by atoms with Gasteiger partial charge in [0.15, 0.2) is 0 Å². The summed E-state index contributed by atoms with van der Waals surface area (Å²) in [7, 11) is 5.56. The van der Waals surface area contributed by atoms with Crippen LogP contribution in [0.3, 0.4) is 0 Å². The molecule has 3 fully saturated rings. The van der Waals surface area contributed by atoms with Gasteiger partial charge in [0, 0.05) is 61.3 Å². The average Bonchev–Trinajstić information content (AvgIpc) is 2.84. The Kier molecular flexibility index (Phi) is 5.76. The highest BCUT2D eigenvalue weighted by Gasteiger charge is 2.42. The van der Waals surface area contributed by atoms with Crippen LogP contribution in [0.5, 0.6) is 11.5 Å². The van der Waals surface area contributed by atoms with Gasteiger partial charge in [0.25, 0.3) is 0 Å². The van der Waals surface area contributed by atoms with Crippen LogP contribution in [-0.2, 0) is 4.74 Å². The lowest BCUT2D eigenvalue weighted by molar-refractivity contribution is 0.0264. The normalized spacial score (nSPS) is 20.2. The van der Waals surface area contributed by atoms with Gasteiger partial charge in [-0.05, 0) is 49.9 Å². The highest BCUT2D eigenvalue weighted by atomic mass is 16.5. The van der Waals surface area contributed by atoms with Crippen LogP contribution in [0.2, 0.25) is 0 Å². The number of hydrogen-bond donors (Lipinski definition) is 1. The van der Waals surface area contributed by atoms with Gasteiger partial charge in [-0.3, -0.25) is 9.88 Å². The molecule has 2 atom stereocenters. The van der Waals surface area contributed by atoms with Crippen LogP contribution >= 0.6 is 0 Å². The van der Waals surface area contributed by atoms with Crippen LogP contribution in [0.4, 0.5) is 17.1 Å². The van der Waals surface area contributed by atoms with Crippen molar-refractivity contribution in [3.05, 3.63) is 48.7 Å². The number of hydrogen-bond acceptors (Lipinski definition) is 7. The molecule has 1 aromatic heterocycles. The van der Waals surface area contributed by atoms with E-state index in [1.807, 2.05) is 30.5 Å². The van der Waals surface area contributed by atoms with E-state index in [0.29, 0.717) is 25.3 Å². The van der Waals surface area contributed by atoms with Crippen molar-refractivity contribution >= 4 is 28.0 Å². The van der Waals surface area contributed by atoms with E-state index in [1.165, 1.54) is 12.1 Å². The molecule has 2 bridgehead atoms. The Bertz CT molecular complexity index is 1090. The highest BCUT2D eigenvalue weighted by molar-refractivity contribution is 5.95. The van der Waals surface area contributed by atoms with E-state index in [9.17, 15) is 0 Å². The zero-order chi connectivity index (χ0) is 22.1. The molecule has 32 heavy (non-hydrogen) atoms. The van der Waals surface area contributed by atoms with E-state index in [0.717, 1.165) is 46.9 Å². The molecular weight excluding hydrogens is 404 g/mol. The fourth-order valence-corrected chi connectivity index (χ4v) is 4.70. The number of aromatic nitrogens is 1. The van der Waals surface area contributed by atoms with Crippen LogP contribution in [0, 0.1) is 0 Å². The zero-order valence-corrected chi connectivity index (χ0v) is 18.9. The Labute approximate surface area is 188 Å². The van der Waals surface area contributed by atoms with Gasteiger partial charge in [-0.2, -0.15) is 0 Å². The molecule has 168 valence electrons. The van der Waals surface area contributed by atoms with Crippen molar-refractivity contribution in [3.63, 3.8) is 0 Å². The molecule has 0 amide bonds. The molecule has 7 nitrogen and oxygen atoms in total. The summed E-state index contributed by atoms with van der Waals surface area (Å²) in [5.41, 5.74) is 4.11. The van der Waals surface area contributed by atoms with Gasteiger partial charge < -0.3 is 24.4 Å². The van der Waals surface area contributed by atoms with Gasteiger partial charge in [0.2, 0.25) is 0 Å². The molecule has 1 N–H and O–H groups in total. The summed E-state index contributed by atoms with van der Waals surface area (Å²) in [6.45, 7) is 3.22. The minimum atomic E-state index is 0.499. The summed E-state index contributed by atoms with van der Waals surface area (Å²) >= 11 is 0. The predicted molar refractivity (Wildman–Crippen MR) is 128 cm³/mol. The summed E-state index contributed by atoms with van der Waals surface area (Å²) in [6.07, 6.45) is 3.18. The smallest absolute Gasteiger partial charge is 0.145 e. The van der Waals surface area contributed by atoms with Crippen molar-refractivity contribution < 1.29 is 14.2 Å². The van der Waals surface area contributed by atoms with Gasteiger partial charge in [0.1, 0.15) is 18.1 Å². The van der Waals surface area contributed by atoms with Crippen molar-refractivity contribution in [1.82, 2.24) is 9.88 Å². The van der Waals surface area contributed by atoms with E-state index in [2.05, 4.69) is 45.3 Å². The van der Waals surface area contributed by atoms with Crippen molar-refractivity contribution in [2.75, 3.05) is 57.8 Å². The second-order valence-corrected chi connectivity index (χ2v) is 8.50. The maximum absolute atomic E-state index is 5.70. The lowest BCUT2D eigenvalue weighted by atomic mass is 9.88. The molecule has 3 aliphatic rings. The first-order valence-electron chi connectivity index (χ1n) is 11.1. The molecular formula is C25H30N4O3. The fraction of sp³-hybridized carbons (Fsp3) is 0.400. The molecule has 3 saturated heterocycles. The summed E-state index contributed by atoms with van der Waals surface area (Å²) in [4.78, 5) is 9.63. The highest BCUT2D eigenvalue weighted by Crippen LogP contribution is 2.36. The lowest BCUT2D eigenvalue weighted by Crippen LogP contribution is -2.67. The topological polar surface area (TPSA) is 59.1 Å². The average molecular weight is 435 g/mol. The first-order valence-corrected chi connectivity index (χ1v) is 11.1. The first kappa shape index (κ1) is 20.8. The van der Waals surface area contributed by atoms with Crippen LogP contribution < -0.4 is 19.7 Å². The van der Waals surface area contributed by atoms with Crippen molar-refractivity contribution in [2.45, 2.75) is 18.5 Å².